The molecule has 0 radical (unpaired) electrons. The zero-order valence-electron chi connectivity index (χ0n) is 17.6. The molecule has 0 bridgehead atoms. The van der Waals surface area contributed by atoms with E-state index in [9.17, 15) is 19.5 Å². The summed E-state index contributed by atoms with van der Waals surface area (Å²) < 4.78 is 5.90. The normalized spacial score (nSPS) is 50.3. The summed E-state index contributed by atoms with van der Waals surface area (Å²) in [5.74, 6) is 1.03. The van der Waals surface area contributed by atoms with E-state index in [-0.39, 0.29) is 35.1 Å². The van der Waals surface area contributed by atoms with Crippen molar-refractivity contribution >= 4 is 17.5 Å². The number of Topliss-reactive ketones (excluding diaryl/α,β-unsaturated/α-hetero) is 2. The molecule has 4 aliphatic carbocycles. The summed E-state index contributed by atoms with van der Waals surface area (Å²) in [5, 5.41) is 11.4. The first-order valence-corrected chi connectivity index (χ1v) is 11.0. The molecular weight excluding hydrogens is 356 g/mol. The lowest BCUT2D eigenvalue weighted by Crippen LogP contribution is -2.63. The molecule has 156 valence electrons. The van der Waals surface area contributed by atoms with Gasteiger partial charge < -0.3 is 9.84 Å². The summed E-state index contributed by atoms with van der Waals surface area (Å²) in [4.78, 5) is 36.6. The number of aliphatic hydroxyl groups is 1. The zero-order valence-corrected chi connectivity index (χ0v) is 17.6. The number of ether oxygens (including phenoxy) is 1. The SMILES string of the molecule is CC(=O)O[C@@H]1C[C@@]2(C)[C@@H](CC[C@]2(O)C(C)=O)[C@@H]2CCC3CC(=O)CC[C@]3(C)[C@H]21. The highest BCUT2D eigenvalue weighted by molar-refractivity contribution is 5.86. The Balaban J connectivity index is 1.77. The van der Waals surface area contributed by atoms with Gasteiger partial charge in [0.05, 0.1) is 0 Å². The van der Waals surface area contributed by atoms with Gasteiger partial charge >= 0.3 is 5.97 Å². The van der Waals surface area contributed by atoms with Crippen LogP contribution in [0.3, 0.4) is 0 Å². The predicted molar refractivity (Wildman–Crippen MR) is 103 cm³/mol. The number of hydrogen-bond acceptors (Lipinski definition) is 5. The van der Waals surface area contributed by atoms with Gasteiger partial charge in [-0.15, -0.1) is 0 Å². The maximum absolute atomic E-state index is 12.4. The largest absolute Gasteiger partial charge is 0.462 e. The molecule has 5 nitrogen and oxygen atoms in total. The van der Waals surface area contributed by atoms with Crippen LogP contribution in [0.4, 0.5) is 0 Å². The Labute approximate surface area is 167 Å². The second kappa shape index (κ2) is 6.38. The van der Waals surface area contributed by atoms with Gasteiger partial charge in [0.15, 0.2) is 5.78 Å². The number of carbonyl (C=O) groups is 3. The van der Waals surface area contributed by atoms with Crippen molar-refractivity contribution in [3.8, 4) is 0 Å². The number of fused-ring (bicyclic) bond motifs is 5. The molecule has 4 saturated carbocycles. The molecule has 0 aromatic carbocycles. The summed E-state index contributed by atoms with van der Waals surface area (Å²) in [7, 11) is 0. The third-order valence-electron chi connectivity index (χ3n) is 9.44. The van der Waals surface area contributed by atoms with Crippen LogP contribution in [-0.2, 0) is 19.1 Å². The van der Waals surface area contributed by atoms with Crippen molar-refractivity contribution in [2.45, 2.75) is 90.8 Å². The van der Waals surface area contributed by atoms with Gasteiger partial charge in [-0.1, -0.05) is 13.8 Å². The summed E-state index contributed by atoms with van der Waals surface area (Å²) in [6.07, 6.45) is 5.70. The number of esters is 1. The van der Waals surface area contributed by atoms with Crippen molar-refractivity contribution in [2.24, 2.45) is 34.5 Å². The Morgan fingerprint density at radius 2 is 1.82 bits per heavy atom. The predicted octanol–water partition coefficient (Wildman–Crippen LogP) is 3.46. The molecule has 8 atom stereocenters. The molecule has 0 aliphatic heterocycles. The molecule has 0 saturated heterocycles. The van der Waals surface area contributed by atoms with Crippen molar-refractivity contribution in [1.29, 1.82) is 0 Å². The van der Waals surface area contributed by atoms with Crippen molar-refractivity contribution in [2.75, 3.05) is 0 Å². The van der Waals surface area contributed by atoms with Gasteiger partial charge in [-0.05, 0) is 68.6 Å². The van der Waals surface area contributed by atoms with E-state index in [4.69, 9.17) is 4.74 Å². The minimum Gasteiger partial charge on any atom is -0.462 e. The highest BCUT2D eigenvalue weighted by Gasteiger charge is 2.69. The van der Waals surface area contributed by atoms with Crippen LogP contribution in [0, 0.1) is 34.5 Å². The fraction of sp³-hybridized carbons (Fsp3) is 0.870. The lowest BCUT2D eigenvalue weighted by Gasteiger charge is -2.62. The average Bonchev–Trinajstić information content (AvgIpc) is 2.87. The highest BCUT2D eigenvalue weighted by Crippen LogP contribution is 2.68. The number of carbonyl (C=O) groups excluding carboxylic acids is 3. The molecule has 1 unspecified atom stereocenters. The summed E-state index contributed by atoms with van der Waals surface area (Å²) >= 11 is 0. The molecule has 0 aromatic rings. The van der Waals surface area contributed by atoms with Gasteiger partial charge in [-0.25, -0.2) is 0 Å². The first kappa shape index (κ1) is 20.1. The minimum atomic E-state index is -1.33. The highest BCUT2D eigenvalue weighted by atomic mass is 16.5. The molecule has 28 heavy (non-hydrogen) atoms. The maximum atomic E-state index is 12.4. The Morgan fingerprint density at radius 1 is 1.11 bits per heavy atom. The molecule has 4 rings (SSSR count). The lowest BCUT2D eigenvalue weighted by atomic mass is 9.43. The van der Waals surface area contributed by atoms with E-state index in [2.05, 4.69) is 6.92 Å². The molecule has 5 heteroatoms. The van der Waals surface area contributed by atoms with Crippen LogP contribution in [0.2, 0.25) is 0 Å². The topological polar surface area (TPSA) is 80.7 Å². The van der Waals surface area contributed by atoms with Gasteiger partial charge in [0.25, 0.3) is 0 Å². The monoisotopic (exact) mass is 390 g/mol. The number of ketones is 2. The Morgan fingerprint density at radius 3 is 2.46 bits per heavy atom. The van der Waals surface area contributed by atoms with E-state index in [1.807, 2.05) is 6.92 Å². The molecular formula is C23H34O5. The fourth-order valence-electron chi connectivity index (χ4n) is 8.04. The molecule has 4 fully saturated rings. The molecule has 4 aliphatic rings. The minimum absolute atomic E-state index is 0.0186. The third kappa shape index (κ3) is 2.57. The van der Waals surface area contributed by atoms with Gasteiger partial charge in [0.2, 0.25) is 0 Å². The smallest absolute Gasteiger partial charge is 0.302 e. The van der Waals surface area contributed by atoms with Crippen LogP contribution in [0.25, 0.3) is 0 Å². The van der Waals surface area contributed by atoms with Crippen LogP contribution in [0.1, 0.15) is 79.1 Å². The van der Waals surface area contributed by atoms with Gasteiger partial charge in [0.1, 0.15) is 17.5 Å². The zero-order chi connectivity index (χ0) is 20.5. The van der Waals surface area contributed by atoms with Gasteiger partial charge in [0, 0.05) is 31.1 Å². The Kier molecular flexibility index (Phi) is 4.57. The van der Waals surface area contributed by atoms with E-state index >= 15 is 0 Å². The molecule has 0 spiro atoms. The van der Waals surface area contributed by atoms with E-state index in [1.54, 1.807) is 0 Å². The van der Waals surface area contributed by atoms with Crippen molar-refractivity contribution in [3.63, 3.8) is 0 Å². The molecule has 1 N–H and O–H groups in total. The summed E-state index contributed by atoms with van der Waals surface area (Å²) in [6.45, 7) is 7.28. The van der Waals surface area contributed by atoms with E-state index in [1.165, 1.54) is 13.8 Å². The first-order valence-electron chi connectivity index (χ1n) is 11.0. The Bertz CT molecular complexity index is 716. The molecule has 0 amide bonds. The third-order valence-corrected chi connectivity index (χ3v) is 9.44. The molecule has 0 aromatic heterocycles. The molecule has 0 heterocycles. The summed E-state index contributed by atoms with van der Waals surface area (Å²) in [5.41, 5.74) is -1.91. The number of rotatable bonds is 2. The van der Waals surface area contributed by atoms with Crippen LogP contribution < -0.4 is 0 Å². The van der Waals surface area contributed by atoms with Crippen molar-refractivity contribution in [1.82, 2.24) is 0 Å². The number of hydrogen-bond donors (Lipinski definition) is 1. The van der Waals surface area contributed by atoms with E-state index in [0.29, 0.717) is 43.3 Å². The summed E-state index contributed by atoms with van der Waals surface area (Å²) in [6, 6.07) is 0. The quantitative estimate of drug-likeness (QED) is 0.730. The van der Waals surface area contributed by atoms with E-state index < -0.39 is 11.0 Å². The van der Waals surface area contributed by atoms with Crippen LogP contribution >= 0.6 is 0 Å². The second-order valence-electron chi connectivity index (χ2n) is 10.5. The van der Waals surface area contributed by atoms with Gasteiger partial charge in [-0.2, -0.15) is 0 Å². The van der Waals surface area contributed by atoms with Crippen LogP contribution in [0.5, 0.6) is 0 Å². The lowest BCUT2D eigenvalue weighted by molar-refractivity contribution is -0.209. The van der Waals surface area contributed by atoms with E-state index in [0.717, 1.165) is 25.7 Å². The van der Waals surface area contributed by atoms with Crippen molar-refractivity contribution < 1.29 is 24.2 Å². The van der Waals surface area contributed by atoms with Crippen LogP contribution in [-0.4, -0.2) is 34.3 Å². The van der Waals surface area contributed by atoms with Gasteiger partial charge in [-0.3, -0.25) is 14.4 Å². The fourth-order valence-corrected chi connectivity index (χ4v) is 8.04. The second-order valence-corrected chi connectivity index (χ2v) is 10.5. The standard InChI is InChI=1S/C23H34O5/c1-13(24)23(27)10-8-18-17-6-5-15-11-16(26)7-9-21(15,3)20(17)19(28-14(2)25)12-22(18,23)4/h15,17-20,27H,5-12H2,1-4H3/t15?,17-,18-,19+,20+,21-,22-,23-/m0/s1. The van der Waals surface area contributed by atoms with Crippen LogP contribution in [0.15, 0.2) is 0 Å². The Hall–Kier alpha value is -1.23. The maximum Gasteiger partial charge on any atom is 0.302 e. The first-order chi connectivity index (χ1) is 13.0. The average molecular weight is 391 g/mol. The van der Waals surface area contributed by atoms with Crippen molar-refractivity contribution in [3.05, 3.63) is 0 Å².